The van der Waals surface area contributed by atoms with Gasteiger partial charge in [0.05, 0.1) is 0 Å². The fourth-order valence-corrected chi connectivity index (χ4v) is 1.82. The zero-order valence-electron chi connectivity index (χ0n) is 12.9. The van der Waals surface area contributed by atoms with Crippen LogP contribution in [0.5, 0.6) is 5.75 Å². The predicted molar refractivity (Wildman–Crippen MR) is 81.5 cm³/mol. The van der Waals surface area contributed by atoms with Crippen molar-refractivity contribution in [1.29, 1.82) is 0 Å². The van der Waals surface area contributed by atoms with E-state index in [2.05, 4.69) is 20.8 Å². The van der Waals surface area contributed by atoms with Crippen LogP contribution in [0.25, 0.3) is 11.5 Å². The van der Waals surface area contributed by atoms with E-state index < -0.39 is 6.04 Å². The Morgan fingerprint density at radius 1 is 1.30 bits per heavy atom. The highest BCUT2D eigenvalue weighted by Gasteiger charge is 2.14. The van der Waals surface area contributed by atoms with Gasteiger partial charge in [-0.3, -0.25) is 9.59 Å². The van der Waals surface area contributed by atoms with Gasteiger partial charge >= 0.3 is 0 Å². The molecule has 0 aliphatic carbocycles. The first-order valence-electron chi connectivity index (χ1n) is 7.16. The van der Waals surface area contributed by atoms with Crippen LogP contribution in [0.15, 0.2) is 35.1 Å². The van der Waals surface area contributed by atoms with Crippen LogP contribution >= 0.6 is 0 Å². The van der Waals surface area contributed by atoms with E-state index in [0.717, 1.165) is 5.56 Å². The van der Waals surface area contributed by atoms with Crippen LogP contribution in [0.4, 0.5) is 0 Å². The molecule has 0 aliphatic rings. The Labute approximate surface area is 133 Å². The molecule has 0 bridgehead atoms. The zero-order valence-corrected chi connectivity index (χ0v) is 12.9. The zero-order chi connectivity index (χ0) is 16.7. The highest BCUT2D eigenvalue weighted by Crippen LogP contribution is 2.19. The third kappa shape index (κ3) is 4.80. The van der Waals surface area contributed by atoms with E-state index in [1.807, 2.05) is 6.92 Å². The Balaban J connectivity index is 1.81. The number of benzene rings is 1. The van der Waals surface area contributed by atoms with E-state index in [0.29, 0.717) is 18.2 Å². The summed E-state index contributed by atoms with van der Waals surface area (Å²) in [7, 11) is 0. The van der Waals surface area contributed by atoms with Crippen molar-refractivity contribution >= 4 is 11.8 Å². The molecule has 8 nitrogen and oxygen atoms in total. The molecule has 23 heavy (non-hydrogen) atoms. The maximum atomic E-state index is 11.7. The average molecular weight is 318 g/mol. The van der Waals surface area contributed by atoms with Gasteiger partial charge in [-0.1, -0.05) is 0 Å². The fourth-order valence-electron chi connectivity index (χ4n) is 1.82. The summed E-state index contributed by atoms with van der Waals surface area (Å²) >= 11 is 0. The summed E-state index contributed by atoms with van der Waals surface area (Å²) in [6.07, 6.45) is 1.25. The topological polar surface area (TPSA) is 106 Å². The minimum absolute atomic E-state index is 0.177. The second-order valence-electron chi connectivity index (χ2n) is 4.74. The van der Waals surface area contributed by atoms with E-state index in [9.17, 15) is 9.59 Å². The number of rotatable bonds is 7. The minimum atomic E-state index is -0.606. The van der Waals surface area contributed by atoms with E-state index in [-0.39, 0.29) is 18.4 Å². The van der Waals surface area contributed by atoms with Crippen LogP contribution in [-0.2, 0) is 9.59 Å². The SMILES string of the molecule is CCNC(=O)[C@@H](C)NC(=O)COc1ccc(-c2nnco2)cc1. The van der Waals surface area contributed by atoms with Gasteiger partial charge in [-0.25, -0.2) is 0 Å². The number of amides is 2. The maximum absolute atomic E-state index is 11.7. The Morgan fingerprint density at radius 3 is 2.65 bits per heavy atom. The maximum Gasteiger partial charge on any atom is 0.258 e. The molecule has 0 saturated heterocycles. The molecule has 0 spiro atoms. The third-order valence-electron chi connectivity index (χ3n) is 2.95. The normalized spacial score (nSPS) is 11.6. The smallest absolute Gasteiger partial charge is 0.258 e. The molecule has 1 heterocycles. The molecule has 0 unspecified atom stereocenters. The van der Waals surface area contributed by atoms with Gasteiger partial charge < -0.3 is 19.8 Å². The molecule has 122 valence electrons. The molecule has 0 fully saturated rings. The number of ether oxygens (including phenoxy) is 1. The Bertz CT molecular complexity index is 640. The van der Waals surface area contributed by atoms with Crippen molar-refractivity contribution in [3.8, 4) is 17.2 Å². The average Bonchev–Trinajstić information content (AvgIpc) is 3.08. The van der Waals surface area contributed by atoms with E-state index in [4.69, 9.17) is 9.15 Å². The van der Waals surface area contributed by atoms with Crippen molar-refractivity contribution in [3.63, 3.8) is 0 Å². The fraction of sp³-hybridized carbons (Fsp3) is 0.333. The molecule has 0 saturated carbocycles. The number of carbonyl (C=O) groups is 2. The van der Waals surface area contributed by atoms with Crippen molar-refractivity contribution in [3.05, 3.63) is 30.7 Å². The lowest BCUT2D eigenvalue weighted by Gasteiger charge is -2.13. The summed E-state index contributed by atoms with van der Waals surface area (Å²) in [5.74, 6) is 0.327. The van der Waals surface area contributed by atoms with Crippen LogP contribution in [0, 0.1) is 0 Å². The summed E-state index contributed by atoms with van der Waals surface area (Å²) in [6.45, 7) is 3.77. The van der Waals surface area contributed by atoms with Gasteiger partial charge in [0.15, 0.2) is 6.61 Å². The summed E-state index contributed by atoms with van der Waals surface area (Å²) in [4.78, 5) is 23.3. The van der Waals surface area contributed by atoms with Gasteiger partial charge in [-0.2, -0.15) is 0 Å². The highest BCUT2D eigenvalue weighted by atomic mass is 16.5. The molecule has 1 atom stereocenters. The van der Waals surface area contributed by atoms with Crippen LogP contribution in [-0.4, -0.2) is 41.2 Å². The molecular formula is C15H18N4O4. The molecule has 1 aromatic carbocycles. The number of hydrogen-bond donors (Lipinski definition) is 2. The second-order valence-corrected chi connectivity index (χ2v) is 4.74. The van der Waals surface area contributed by atoms with Gasteiger partial charge in [0.1, 0.15) is 11.8 Å². The Hall–Kier alpha value is -2.90. The molecular weight excluding hydrogens is 300 g/mol. The van der Waals surface area contributed by atoms with Crippen molar-refractivity contribution in [2.24, 2.45) is 0 Å². The van der Waals surface area contributed by atoms with Crippen LogP contribution in [0.1, 0.15) is 13.8 Å². The molecule has 8 heteroatoms. The summed E-state index contributed by atoms with van der Waals surface area (Å²) in [5, 5.41) is 12.6. The van der Waals surface area contributed by atoms with Crippen molar-refractivity contribution in [1.82, 2.24) is 20.8 Å². The number of nitrogens with one attached hydrogen (secondary N) is 2. The quantitative estimate of drug-likeness (QED) is 0.780. The van der Waals surface area contributed by atoms with Gasteiger partial charge in [-0.15, -0.1) is 10.2 Å². The summed E-state index contributed by atoms with van der Waals surface area (Å²) in [6, 6.07) is 6.28. The first-order chi connectivity index (χ1) is 11.1. The summed E-state index contributed by atoms with van der Waals surface area (Å²) < 4.78 is 10.4. The van der Waals surface area contributed by atoms with Gasteiger partial charge in [-0.05, 0) is 38.1 Å². The number of likely N-dealkylation sites (N-methyl/N-ethyl adjacent to an activating group) is 1. The van der Waals surface area contributed by atoms with E-state index in [1.54, 1.807) is 31.2 Å². The summed E-state index contributed by atoms with van der Waals surface area (Å²) in [5.41, 5.74) is 0.754. The Morgan fingerprint density at radius 2 is 2.04 bits per heavy atom. The van der Waals surface area contributed by atoms with E-state index in [1.165, 1.54) is 6.39 Å². The van der Waals surface area contributed by atoms with Gasteiger partial charge in [0, 0.05) is 12.1 Å². The largest absolute Gasteiger partial charge is 0.484 e. The Kier molecular flexibility index (Phi) is 5.67. The van der Waals surface area contributed by atoms with Gasteiger partial charge in [0.2, 0.25) is 18.2 Å². The standard InChI is InChI=1S/C15H18N4O4/c1-3-16-14(21)10(2)18-13(20)8-22-12-6-4-11(5-7-12)15-19-17-9-23-15/h4-7,9-10H,3,8H2,1-2H3,(H,16,21)(H,18,20)/t10-/m1/s1. The number of aromatic nitrogens is 2. The number of carbonyl (C=O) groups excluding carboxylic acids is 2. The van der Waals surface area contributed by atoms with Crippen LogP contribution in [0.3, 0.4) is 0 Å². The molecule has 2 N–H and O–H groups in total. The first-order valence-corrected chi connectivity index (χ1v) is 7.16. The van der Waals surface area contributed by atoms with Crippen molar-refractivity contribution < 1.29 is 18.7 Å². The minimum Gasteiger partial charge on any atom is -0.484 e. The predicted octanol–water partition coefficient (Wildman–Crippen LogP) is 0.756. The second kappa shape index (κ2) is 7.92. The van der Waals surface area contributed by atoms with E-state index >= 15 is 0 Å². The molecule has 2 amide bonds. The first kappa shape index (κ1) is 16.5. The molecule has 2 aromatic rings. The molecule has 0 radical (unpaired) electrons. The molecule has 0 aliphatic heterocycles. The van der Waals surface area contributed by atoms with Crippen molar-refractivity contribution in [2.45, 2.75) is 19.9 Å². The lowest BCUT2D eigenvalue weighted by molar-refractivity contribution is -0.129. The van der Waals surface area contributed by atoms with Crippen LogP contribution in [0.2, 0.25) is 0 Å². The lowest BCUT2D eigenvalue weighted by Crippen LogP contribution is -2.46. The third-order valence-corrected chi connectivity index (χ3v) is 2.95. The lowest BCUT2D eigenvalue weighted by atomic mass is 10.2. The molecule has 1 aromatic heterocycles. The van der Waals surface area contributed by atoms with Crippen molar-refractivity contribution in [2.75, 3.05) is 13.2 Å². The number of nitrogens with zero attached hydrogens (tertiary/aromatic N) is 2. The highest BCUT2D eigenvalue weighted by molar-refractivity contribution is 5.87. The monoisotopic (exact) mass is 318 g/mol. The number of hydrogen-bond acceptors (Lipinski definition) is 6. The van der Waals surface area contributed by atoms with Crippen LogP contribution < -0.4 is 15.4 Å². The molecule has 2 rings (SSSR count). The van der Waals surface area contributed by atoms with Gasteiger partial charge in [0.25, 0.3) is 5.91 Å².